The molecule has 1 saturated heterocycles. The normalized spacial score (nSPS) is 15.0. The van der Waals surface area contributed by atoms with Crippen molar-refractivity contribution in [3.05, 3.63) is 36.7 Å². The molecule has 1 saturated carbocycles. The third-order valence-electron chi connectivity index (χ3n) is 19.5. The number of allylic oxidation sites excluding steroid dienone is 2. The second-order valence-corrected chi connectivity index (χ2v) is 44.4. The van der Waals surface area contributed by atoms with E-state index in [1.54, 1.807) is 26.8 Å². The summed E-state index contributed by atoms with van der Waals surface area (Å²) in [5.74, 6) is -3.43. The molecule has 2 fully saturated rings. The maximum Gasteiger partial charge on any atom is 0.342 e. The lowest BCUT2D eigenvalue weighted by Gasteiger charge is -2.25. The second-order valence-electron chi connectivity index (χ2n) is 44.4. The molecule has 0 radical (unpaired) electrons. The summed E-state index contributed by atoms with van der Waals surface area (Å²) in [5, 5.41) is 5.71. The fraction of sp³-hybridized carbons (Fsp3) is 0.825. The van der Waals surface area contributed by atoms with Gasteiger partial charge in [0, 0.05) is 18.2 Å². The van der Waals surface area contributed by atoms with Crippen LogP contribution in [-0.2, 0) is 86.0 Å². The van der Waals surface area contributed by atoms with Crippen molar-refractivity contribution in [2.24, 2.45) is 83.7 Å². The number of hydroxylamine groups is 2. The minimum atomic E-state index is -0.898. The summed E-state index contributed by atoms with van der Waals surface area (Å²) >= 11 is 0. The van der Waals surface area contributed by atoms with Crippen molar-refractivity contribution in [3.8, 4) is 0 Å². The number of hydrogen-bond acceptors (Lipinski definition) is 21. The van der Waals surface area contributed by atoms with Gasteiger partial charge in [-0.3, -0.25) is 38.4 Å². The summed E-state index contributed by atoms with van der Waals surface area (Å²) in [6, 6.07) is -2.66. The first-order valence-electron chi connectivity index (χ1n) is 44.8. The molecule has 0 aromatic heterocycles. The third-order valence-corrected chi connectivity index (χ3v) is 19.5. The smallest absolute Gasteiger partial charge is 0.342 e. The van der Waals surface area contributed by atoms with Gasteiger partial charge in [0.2, 0.25) is 11.8 Å². The molecule has 4 unspecified atom stereocenters. The van der Waals surface area contributed by atoms with E-state index in [-0.39, 0.29) is 83.3 Å². The summed E-state index contributed by atoms with van der Waals surface area (Å²) in [6.45, 7) is 84.8. The number of hydrogen-bond donors (Lipinski definition) is 5. The number of carbonyl (C=O) groups is 11. The molecule has 714 valence electrons. The first-order chi connectivity index (χ1) is 55.0. The van der Waals surface area contributed by atoms with Crippen LogP contribution in [-0.4, -0.2) is 151 Å². The lowest BCUT2D eigenvalue weighted by atomic mass is 9.84. The van der Waals surface area contributed by atoms with Crippen LogP contribution in [0.25, 0.3) is 0 Å². The molecule has 2 aliphatic heterocycles. The van der Waals surface area contributed by atoms with Crippen LogP contribution in [0.2, 0.25) is 0 Å². The molecule has 0 aromatic rings. The molecular formula is C97H183N7O18. The summed E-state index contributed by atoms with van der Waals surface area (Å²) in [5.41, 5.74) is 19.4. The highest BCUT2D eigenvalue weighted by molar-refractivity contribution is 5.97. The van der Waals surface area contributed by atoms with Crippen LogP contribution >= 0.6 is 0 Å². The van der Waals surface area contributed by atoms with Gasteiger partial charge in [-0.25, -0.2) is 14.4 Å². The third kappa shape index (κ3) is 73.6. The van der Waals surface area contributed by atoms with E-state index in [0.29, 0.717) is 83.3 Å². The average Bonchev–Trinajstić information content (AvgIpc) is 1.34. The monoisotopic (exact) mass is 1730 g/mol. The van der Waals surface area contributed by atoms with Crippen molar-refractivity contribution < 1.29 is 86.0 Å². The van der Waals surface area contributed by atoms with E-state index in [1.165, 1.54) is 37.2 Å². The first kappa shape index (κ1) is 124. The number of esters is 6. The summed E-state index contributed by atoms with van der Waals surface area (Å²) in [6.07, 6.45) is 20.0. The van der Waals surface area contributed by atoms with E-state index >= 15 is 0 Å². The van der Waals surface area contributed by atoms with Crippen molar-refractivity contribution in [1.82, 2.24) is 20.6 Å². The molecule has 1 aliphatic carbocycles. The largest absolute Gasteiger partial charge is 0.465 e. The number of rotatable bonds is 32. The zero-order valence-electron chi connectivity index (χ0n) is 84.2. The van der Waals surface area contributed by atoms with E-state index in [2.05, 4.69) is 211 Å². The number of nitrogens with one attached hydrogen (secondary N) is 2. The van der Waals surface area contributed by atoms with Gasteiger partial charge in [0.15, 0.2) is 0 Å². The average molecular weight is 1740 g/mol. The Morgan fingerprint density at radius 2 is 0.787 bits per heavy atom. The Kier molecular flexibility index (Phi) is 60.1. The Labute approximate surface area is 742 Å². The molecule has 3 rings (SSSR count). The lowest BCUT2D eigenvalue weighted by molar-refractivity contribution is -0.187. The highest BCUT2D eigenvalue weighted by atomic mass is 16.7. The highest BCUT2D eigenvalue weighted by Crippen LogP contribution is 2.30. The molecule has 4 amide bonds. The zero-order chi connectivity index (χ0) is 96.6. The van der Waals surface area contributed by atoms with Gasteiger partial charge in [0.05, 0.1) is 51.3 Å². The SMILES string of the molecule is C=C1C=CC(=O)N1CC(=O)NC(C)C(=O)OCCCC(C)(C)C.C=C1CCC(=O)N1OC(=O)CC(=O)NC(C)C(=O)OCCCC(C)(C)C.CC(C)(C)CCCOC(=O)C(C)(C)N.CC(C)(C)CCCOC(=O)C(N)C(C)(C)C.CC(C)(C)CCCOC(=O)C1CCCC1.CC(C)C(C)(C)C.CC(C)C(N)C(=O)OCCCC(C)(C)C.CCC(C)(C)C. The van der Waals surface area contributed by atoms with Gasteiger partial charge in [0.1, 0.15) is 42.7 Å². The summed E-state index contributed by atoms with van der Waals surface area (Å²) < 4.78 is 30.8. The molecule has 4 atom stereocenters. The predicted octanol–water partition coefficient (Wildman–Crippen LogP) is 19.5. The summed E-state index contributed by atoms with van der Waals surface area (Å²) in [7, 11) is 0. The van der Waals surface area contributed by atoms with Crippen molar-refractivity contribution in [1.29, 1.82) is 0 Å². The Bertz CT molecular complexity index is 3050. The van der Waals surface area contributed by atoms with E-state index < -0.39 is 65.8 Å². The van der Waals surface area contributed by atoms with Crippen LogP contribution in [0.5, 0.6) is 0 Å². The lowest BCUT2D eigenvalue weighted by Crippen LogP contribution is -2.44. The van der Waals surface area contributed by atoms with Crippen molar-refractivity contribution in [2.75, 3.05) is 46.2 Å². The molecule has 25 nitrogen and oxygen atoms in total. The minimum absolute atomic E-state index is 0.0430. The maximum atomic E-state index is 11.9. The first-order valence-corrected chi connectivity index (χ1v) is 44.8. The van der Waals surface area contributed by atoms with Crippen LogP contribution in [0.4, 0.5) is 0 Å². The molecule has 8 N–H and O–H groups in total. The fourth-order valence-electron chi connectivity index (χ4n) is 9.69. The van der Waals surface area contributed by atoms with Gasteiger partial charge in [0.25, 0.3) is 11.8 Å². The van der Waals surface area contributed by atoms with Crippen LogP contribution in [0, 0.1) is 66.5 Å². The van der Waals surface area contributed by atoms with Crippen molar-refractivity contribution in [3.63, 3.8) is 0 Å². The van der Waals surface area contributed by atoms with Gasteiger partial charge in [-0.2, -0.15) is 0 Å². The Balaban J connectivity index is -0.000000441. The standard InChI is InChI=1S/C18H28N2O6.C17H26N2O4.C13H27NO2.C13H24O2.C12H25NO2.C11H23NO2.C7H16.C6H14/c1-12-7-8-15(22)20(12)26-16(23)11-14(21)19-13(2)17(24)25-10-6-9-18(3,4)5;1-12-7-8-15(21)19(12)11-14(20)18-13(2)16(22)23-10-6-9-17(3,4)5;1-12(2,3)8-7-9-16-11(15)10(14)13(4,5)6;1-13(2,3)9-6-10-15-12(14)11-7-4-5-8-11;1-9(2)10(13)11(14)15-8-6-7-12(3,4)5;1-10(2,3)7-6-8-14-9(13)11(4,5)12;1-6(2)7(3,4)5;1-5-6(2,3)4/h13H,1,6-11H2,2-5H3,(H,19,21);7-8,13H,1,6,9-11H2,2-5H3,(H,18,20);10H,7-9,14H2,1-6H3;11H,4-10H2,1-3H3;9-10H,6-8,13H2,1-5H3;6-8,12H2,1-5H3;6H,1-5H3;5H2,1-4H3. The van der Waals surface area contributed by atoms with E-state index in [9.17, 15) is 52.7 Å². The van der Waals surface area contributed by atoms with Crippen LogP contribution in [0.3, 0.4) is 0 Å². The summed E-state index contributed by atoms with van der Waals surface area (Å²) in [4.78, 5) is 134. The molecule has 3 aliphatic rings. The molecule has 0 bridgehead atoms. The van der Waals surface area contributed by atoms with E-state index in [4.69, 9.17) is 50.5 Å². The van der Waals surface area contributed by atoms with Crippen LogP contribution in [0.15, 0.2) is 36.7 Å². The van der Waals surface area contributed by atoms with Crippen molar-refractivity contribution in [2.45, 2.75) is 407 Å². The molecule has 25 heteroatoms. The Morgan fingerprint density at radius 1 is 0.459 bits per heavy atom. The Morgan fingerprint density at radius 3 is 1.07 bits per heavy atom. The van der Waals surface area contributed by atoms with Gasteiger partial charge < -0.3 is 66.0 Å². The van der Waals surface area contributed by atoms with Crippen LogP contribution in [0.1, 0.15) is 378 Å². The number of nitrogens with two attached hydrogens (primary N) is 3. The van der Waals surface area contributed by atoms with E-state index in [0.717, 1.165) is 101 Å². The van der Waals surface area contributed by atoms with Gasteiger partial charge >= 0.3 is 41.8 Å². The zero-order valence-corrected chi connectivity index (χ0v) is 84.2. The number of amides is 4. The number of carbonyl (C=O) groups excluding carboxylic acids is 11. The topological polar surface area (TPSA) is 361 Å². The Hall–Kier alpha value is -6.73. The molecular weight excluding hydrogens is 1550 g/mol. The fourth-order valence-corrected chi connectivity index (χ4v) is 9.69. The van der Waals surface area contributed by atoms with Gasteiger partial charge in [-0.1, -0.05) is 254 Å². The number of ether oxygens (including phenoxy) is 6. The highest BCUT2D eigenvalue weighted by Gasteiger charge is 2.33. The molecule has 0 spiro atoms. The molecule has 0 aromatic carbocycles. The second kappa shape index (κ2) is 59.3. The predicted molar refractivity (Wildman–Crippen MR) is 494 cm³/mol. The quantitative estimate of drug-likeness (QED) is 0.0181. The molecule has 2 heterocycles. The van der Waals surface area contributed by atoms with Crippen molar-refractivity contribution >= 4 is 65.4 Å². The van der Waals surface area contributed by atoms with Crippen LogP contribution < -0.4 is 27.8 Å². The minimum Gasteiger partial charge on any atom is -0.465 e. The maximum absolute atomic E-state index is 11.9. The van der Waals surface area contributed by atoms with Gasteiger partial charge in [-0.05, 0) is 191 Å². The molecule has 122 heavy (non-hydrogen) atoms. The number of nitrogens with zero attached hydrogens (tertiary/aromatic N) is 2. The van der Waals surface area contributed by atoms with E-state index in [1.807, 2.05) is 34.6 Å². The van der Waals surface area contributed by atoms with Gasteiger partial charge in [-0.15, -0.1) is 5.06 Å².